The zero-order chi connectivity index (χ0) is 14.4. The van der Waals surface area contributed by atoms with Crippen LogP contribution in [-0.4, -0.2) is 7.11 Å². The first-order valence-corrected chi connectivity index (χ1v) is 7.12. The van der Waals surface area contributed by atoms with E-state index in [4.69, 9.17) is 27.9 Å². The first kappa shape index (κ1) is 15.0. The Morgan fingerprint density at radius 3 is 1.60 bits per heavy atom. The molecule has 0 saturated carbocycles. The fourth-order valence-electron chi connectivity index (χ4n) is 2.04. The summed E-state index contributed by atoms with van der Waals surface area (Å²) in [5, 5.41) is 1.51. The summed E-state index contributed by atoms with van der Waals surface area (Å²) < 4.78 is 5.18. The molecule has 104 valence electrons. The van der Waals surface area contributed by atoms with Crippen molar-refractivity contribution in [1.29, 1.82) is 0 Å². The molecule has 0 saturated heterocycles. The first-order chi connectivity index (χ1) is 9.67. The number of allylic oxidation sites excluding steroid dienone is 1. The van der Waals surface area contributed by atoms with Crippen molar-refractivity contribution < 1.29 is 4.74 Å². The van der Waals surface area contributed by atoms with Gasteiger partial charge in [-0.3, -0.25) is 0 Å². The smallest absolute Gasteiger partial charge is 0.0823 e. The van der Waals surface area contributed by atoms with Crippen molar-refractivity contribution in [1.82, 2.24) is 0 Å². The van der Waals surface area contributed by atoms with Crippen LogP contribution in [0.15, 0.2) is 60.4 Å². The van der Waals surface area contributed by atoms with E-state index >= 15 is 0 Å². The third-order valence-electron chi connectivity index (χ3n) is 2.97. The van der Waals surface area contributed by atoms with Crippen LogP contribution in [0.4, 0.5) is 0 Å². The number of benzene rings is 2. The van der Waals surface area contributed by atoms with Gasteiger partial charge in [0.1, 0.15) is 0 Å². The van der Waals surface area contributed by atoms with Gasteiger partial charge in [-0.1, -0.05) is 47.5 Å². The highest BCUT2D eigenvalue weighted by Gasteiger charge is 2.03. The number of rotatable bonds is 5. The Bertz CT molecular complexity index is 521. The van der Waals surface area contributed by atoms with E-state index in [0.717, 1.165) is 22.9 Å². The van der Waals surface area contributed by atoms with E-state index in [2.05, 4.69) is 0 Å². The lowest BCUT2D eigenvalue weighted by atomic mass is 9.99. The predicted octanol–water partition coefficient (Wildman–Crippen LogP) is 5.31. The van der Waals surface area contributed by atoms with Crippen molar-refractivity contribution >= 4 is 23.2 Å². The molecule has 2 aromatic carbocycles. The molecule has 2 aromatic rings. The van der Waals surface area contributed by atoms with Gasteiger partial charge in [0.15, 0.2) is 0 Å². The van der Waals surface area contributed by atoms with Gasteiger partial charge in [-0.05, 0) is 53.8 Å². The zero-order valence-electron chi connectivity index (χ0n) is 11.3. The van der Waals surface area contributed by atoms with E-state index in [-0.39, 0.29) is 0 Å². The molecule has 0 spiro atoms. The van der Waals surface area contributed by atoms with Crippen LogP contribution in [0.3, 0.4) is 0 Å². The zero-order valence-corrected chi connectivity index (χ0v) is 12.8. The van der Waals surface area contributed by atoms with Crippen LogP contribution < -0.4 is 0 Å². The maximum atomic E-state index is 5.90. The second-order valence-corrected chi connectivity index (χ2v) is 5.49. The molecular weight excluding hydrogens is 291 g/mol. The standard InChI is InChI=1S/C17H16Cl2O/c1-20-12-15(10-13-2-6-16(18)7-3-13)11-14-4-8-17(19)9-5-14/h2-9,12H,10-11H2,1H3. The summed E-state index contributed by atoms with van der Waals surface area (Å²) in [7, 11) is 1.67. The number of hydrogen-bond donors (Lipinski definition) is 0. The minimum absolute atomic E-state index is 0.753. The largest absolute Gasteiger partial charge is 0.504 e. The van der Waals surface area contributed by atoms with Crippen molar-refractivity contribution in [3.05, 3.63) is 81.5 Å². The van der Waals surface area contributed by atoms with Gasteiger partial charge in [-0.15, -0.1) is 0 Å². The highest BCUT2D eigenvalue weighted by Crippen LogP contribution is 2.18. The summed E-state index contributed by atoms with van der Waals surface area (Å²) in [5.41, 5.74) is 3.63. The number of methoxy groups -OCH3 is 1. The molecule has 0 bridgehead atoms. The number of hydrogen-bond acceptors (Lipinski definition) is 1. The van der Waals surface area contributed by atoms with Crippen LogP contribution >= 0.6 is 23.2 Å². The first-order valence-electron chi connectivity index (χ1n) is 6.37. The van der Waals surface area contributed by atoms with E-state index in [1.807, 2.05) is 54.8 Å². The van der Waals surface area contributed by atoms with Crippen LogP contribution in [0, 0.1) is 0 Å². The van der Waals surface area contributed by atoms with E-state index in [9.17, 15) is 0 Å². The SMILES string of the molecule is COC=C(Cc1ccc(Cl)cc1)Cc1ccc(Cl)cc1. The van der Waals surface area contributed by atoms with Crippen LogP contribution in [0.25, 0.3) is 0 Å². The molecule has 0 fully saturated rings. The molecule has 0 radical (unpaired) electrons. The molecular formula is C17H16Cl2O. The molecule has 0 atom stereocenters. The summed E-state index contributed by atoms with van der Waals surface area (Å²) >= 11 is 11.8. The molecule has 0 aliphatic carbocycles. The van der Waals surface area contributed by atoms with Gasteiger partial charge >= 0.3 is 0 Å². The van der Waals surface area contributed by atoms with E-state index in [0.29, 0.717) is 0 Å². The molecule has 0 amide bonds. The van der Waals surface area contributed by atoms with E-state index < -0.39 is 0 Å². The predicted molar refractivity (Wildman–Crippen MR) is 85.4 cm³/mol. The van der Waals surface area contributed by atoms with Crippen molar-refractivity contribution in [3.8, 4) is 0 Å². The minimum Gasteiger partial charge on any atom is -0.504 e. The fraction of sp³-hybridized carbons (Fsp3) is 0.176. The average molecular weight is 307 g/mol. The Kier molecular flexibility index (Phi) is 5.51. The minimum atomic E-state index is 0.753. The lowest BCUT2D eigenvalue weighted by Crippen LogP contribution is -1.96. The molecule has 20 heavy (non-hydrogen) atoms. The van der Waals surface area contributed by atoms with Crippen molar-refractivity contribution in [3.63, 3.8) is 0 Å². The Hall–Kier alpha value is -1.44. The summed E-state index contributed by atoms with van der Waals surface area (Å²) in [6, 6.07) is 15.8. The van der Waals surface area contributed by atoms with Gasteiger partial charge in [0.25, 0.3) is 0 Å². The molecule has 0 unspecified atom stereocenters. The molecule has 0 aliphatic heterocycles. The van der Waals surface area contributed by atoms with Crippen LogP contribution in [0.2, 0.25) is 10.0 Å². The number of halogens is 2. The molecule has 0 aromatic heterocycles. The second kappa shape index (κ2) is 7.37. The Labute approximate surface area is 129 Å². The second-order valence-electron chi connectivity index (χ2n) is 4.62. The fourth-order valence-corrected chi connectivity index (χ4v) is 2.29. The third-order valence-corrected chi connectivity index (χ3v) is 3.48. The maximum Gasteiger partial charge on any atom is 0.0823 e. The normalized spacial score (nSPS) is 10.2. The van der Waals surface area contributed by atoms with E-state index in [1.165, 1.54) is 16.7 Å². The molecule has 1 nitrogen and oxygen atoms in total. The monoisotopic (exact) mass is 306 g/mol. The third kappa shape index (κ3) is 4.59. The molecule has 2 rings (SSSR count). The highest BCUT2D eigenvalue weighted by atomic mass is 35.5. The molecule has 0 heterocycles. The van der Waals surface area contributed by atoms with Crippen LogP contribution in [0.1, 0.15) is 11.1 Å². The maximum absolute atomic E-state index is 5.90. The van der Waals surface area contributed by atoms with Gasteiger partial charge in [0.05, 0.1) is 13.4 Å². The van der Waals surface area contributed by atoms with Gasteiger partial charge < -0.3 is 4.74 Å². The lowest BCUT2D eigenvalue weighted by molar-refractivity contribution is 0.332. The number of ether oxygens (including phenoxy) is 1. The van der Waals surface area contributed by atoms with Gasteiger partial charge in [0.2, 0.25) is 0 Å². The Morgan fingerprint density at radius 2 is 1.25 bits per heavy atom. The van der Waals surface area contributed by atoms with Gasteiger partial charge in [0, 0.05) is 10.0 Å². The molecule has 0 N–H and O–H groups in total. The topological polar surface area (TPSA) is 9.23 Å². The van der Waals surface area contributed by atoms with Crippen molar-refractivity contribution in [2.75, 3.05) is 7.11 Å². The molecule has 3 heteroatoms. The van der Waals surface area contributed by atoms with E-state index in [1.54, 1.807) is 7.11 Å². The molecule has 0 aliphatic rings. The van der Waals surface area contributed by atoms with Crippen LogP contribution in [0.5, 0.6) is 0 Å². The van der Waals surface area contributed by atoms with Gasteiger partial charge in [-0.2, -0.15) is 0 Å². The summed E-state index contributed by atoms with van der Waals surface area (Å²) in [6.07, 6.45) is 3.49. The summed E-state index contributed by atoms with van der Waals surface area (Å²) in [6.45, 7) is 0. The van der Waals surface area contributed by atoms with Crippen molar-refractivity contribution in [2.45, 2.75) is 12.8 Å². The summed E-state index contributed by atoms with van der Waals surface area (Å²) in [5.74, 6) is 0. The Morgan fingerprint density at radius 1 is 0.850 bits per heavy atom. The Balaban J connectivity index is 2.09. The summed E-state index contributed by atoms with van der Waals surface area (Å²) in [4.78, 5) is 0. The average Bonchev–Trinajstić information content (AvgIpc) is 2.44. The van der Waals surface area contributed by atoms with Crippen molar-refractivity contribution in [2.24, 2.45) is 0 Å². The highest BCUT2D eigenvalue weighted by molar-refractivity contribution is 6.30. The van der Waals surface area contributed by atoms with Gasteiger partial charge in [-0.25, -0.2) is 0 Å². The van der Waals surface area contributed by atoms with Crippen LogP contribution in [-0.2, 0) is 17.6 Å². The quantitative estimate of drug-likeness (QED) is 0.680. The lowest BCUT2D eigenvalue weighted by Gasteiger charge is -2.08.